The molecule has 0 saturated carbocycles. The summed E-state index contributed by atoms with van der Waals surface area (Å²) in [5.74, 6) is 1.78. The van der Waals surface area contributed by atoms with Crippen molar-refractivity contribution in [2.75, 3.05) is 31.6 Å². The third-order valence-electron chi connectivity index (χ3n) is 5.09. The summed E-state index contributed by atoms with van der Waals surface area (Å²) >= 11 is 0. The number of likely N-dealkylation sites (tertiary alicyclic amines) is 1. The molecule has 0 spiro atoms. The number of aryl methyl sites for hydroxylation is 2. The van der Waals surface area contributed by atoms with E-state index in [1.807, 2.05) is 17.9 Å². The van der Waals surface area contributed by atoms with Gasteiger partial charge in [-0.05, 0) is 32.4 Å². The van der Waals surface area contributed by atoms with Crippen LogP contribution >= 0.6 is 0 Å². The van der Waals surface area contributed by atoms with Crippen LogP contribution in [0.3, 0.4) is 0 Å². The second-order valence-electron chi connectivity index (χ2n) is 6.84. The highest BCUT2D eigenvalue weighted by atomic mass is 16.5. The molecule has 2 aromatic rings. The highest BCUT2D eigenvalue weighted by Crippen LogP contribution is 2.25. The Morgan fingerprint density at radius 2 is 2.08 bits per heavy atom. The summed E-state index contributed by atoms with van der Waals surface area (Å²) in [4.78, 5) is 12.0. The molecule has 0 unspecified atom stereocenters. The maximum Gasteiger partial charge on any atom is 0.163 e. The minimum Gasteiger partial charge on any atom is -0.378 e. The molecule has 0 amide bonds. The van der Waals surface area contributed by atoms with Crippen molar-refractivity contribution in [3.05, 3.63) is 12.0 Å². The molecule has 7 nitrogen and oxygen atoms in total. The number of anilines is 1. The molecule has 24 heavy (non-hydrogen) atoms. The normalized spacial score (nSPS) is 24.9. The van der Waals surface area contributed by atoms with Crippen molar-refractivity contribution in [1.82, 2.24) is 24.6 Å². The van der Waals surface area contributed by atoms with Crippen molar-refractivity contribution in [3.8, 4) is 0 Å². The molecule has 2 atom stereocenters. The lowest BCUT2D eigenvalue weighted by Crippen LogP contribution is -2.45. The average Bonchev–Trinajstić information content (AvgIpc) is 3.29. The van der Waals surface area contributed by atoms with Gasteiger partial charge in [-0.2, -0.15) is 5.10 Å². The third-order valence-corrected chi connectivity index (χ3v) is 5.09. The quantitative estimate of drug-likeness (QED) is 0.898. The van der Waals surface area contributed by atoms with Gasteiger partial charge in [0.15, 0.2) is 5.65 Å². The number of hydrogen-bond acceptors (Lipinski definition) is 6. The molecule has 2 fully saturated rings. The highest BCUT2D eigenvalue weighted by molar-refractivity contribution is 5.86. The zero-order valence-corrected chi connectivity index (χ0v) is 14.5. The first-order valence-electron chi connectivity index (χ1n) is 9.03. The van der Waals surface area contributed by atoms with E-state index < -0.39 is 0 Å². The summed E-state index contributed by atoms with van der Waals surface area (Å²) in [6.45, 7) is 6.05. The van der Waals surface area contributed by atoms with E-state index in [9.17, 15) is 0 Å². The molecule has 7 heteroatoms. The Kier molecular flexibility index (Phi) is 4.37. The van der Waals surface area contributed by atoms with E-state index in [0.717, 1.165) is 48.7 Å². The van der Waals surface area contributed by atoms with Crippen LogP contribution in [0, 0.1) is 0 Å². The van der Waals surface area contributed by atoms with Gasteiger partial charge in [-0.1, -0.05) is 6.92 Å². The van der Waals surface area contributed by atoms with E-state index in [0.29, 0.717) is 6.04 Å². The molecular formula is C17H26N6O. The first kappa shape index (κ1) is 15.8. The van der Waals surface area contributed by atoms with E-state index in [4.69, 9.17) is 9.72 Å². The topological polar surface area (TPSA) is 68.1 Å². The number of fused-ring (bicyclic) bond motifs is 1. The monoisotopic (exact) mass is 330 g/mol. The van der Waals surface area contributed by atoms with Gasteiger partial charge in [-0.15, -0.1) is 0 Å². The lowest BCUT2D eigenvalue weighted by atomic mass is 10.1. The number of nitrogens with one attached hydrogen (secondary N) is 1. The number of hydrogen-bond donors (Lipinski definition) is 1. The Hall–Kier alpha value is -1.73. The summed E-state index contributed by atoms with van der Waals surface area (Å²) in [7, 11) is 1.93. The number of ether oxygens (including phenoxy) is 1. The Bertz CT molecular complexity index is 708. The molecule has 2 aromatic heterocycles. The maximum absolute atomic E-state index is 5.78. The van der Waals surface area contributed by atoms with Gasteiger partial charge in [-0.25, -0.2) is 9.97 Å². The minimum absolute atomic E-state index is 0.274. The molecule has 0 aromatic carbocycles. The smallest absolute Gasteiger partial charge is 0.163 e. The molecule has 0 radical (unpaired) electrons. The van der Waals surface area contributed by atoms with E-state index in [2.05, 4.69) is 27.2 Å². The van der Waals surface area contributed by atoms with Crippen LogP contribution in [0.1, 0.15) is 32.0 Å². The van der Waals surface area contributed by atoms with E-state index in [1.54, 1.807) is 0 Å². The van der Waals surface area contributed by atoms with Crippen LogP contribution in [-0.2, 0) is 18.2 Å². The SMILES string of the molecule is CCCc1nc(N[C@H]2COC[C@@H]2N2CCCC2)c2cnn(C)c2n1. The zero-order valence-electron chi connectivity index (χ0n) is 14.5. The van der Waals surface area contributed by atoms with E-state index in [1.165, 1.54) is 25.9 Å². The van der Waals surface area contributed by atoms with Crippen LogP contribution in [0.15, 0.2) is 6.20 Å². The Balaban J connectivity index is 1.63. The van der Waals surface area contributed by atoms with Crippen LogP contribution in [0.25, 0.3) is 11.0 Å². The van der Waals surface area contributed by atoms with Crippen molar-refractivity contribution >= 4 is 16.9 Å². The summed E-state index contributed by atoms with van der Waals surface area (Å²) in [5, 5.41) is 9.00. The molecule has 4 rings (SSSR count). The van der Waals surface area contributed by atoms with Crippen molar-refractivity contribution in [2.24, 2.45) is 7.05 Å². The number of aromatic nitrogens is 4. The highest BCUT2D eigenvalue weighted by Gasteiger charge is 2.35. The molecule has 1 N–H and O–H groups in total. The van der Waals surface area contributed by atoms with Gasteiger partial charge in [0.2, 0.25) is 0 Å². The van der Waals surface area contributed by atoms with Gasteiger partial charge in [0.25, 0.3) is 0 Å². The van der Waals surface area contributed by atoms with Gasteiger partial charge in [-0.3, -0.25) is 9.58 Å². The summed E-state index contributed by atoms with van der Waals surface area (Å²) in [6, 6.07) is 0.708. The molecular weight excluding hydrogens is 304 g/mol. The molecule has 2 saturated heterocycles. The summed E-state index contributed by atoms with van der Waals surface area (Å²) in [6.07, 6.45) is 6.36. The molecule has 2 aliphatic rings. The fourth-order valence-corrected chi connectivity index (χ4v) is 3.80. The summed E-state index contributed by atoms with van der Waals surface area (Å²) in [5.41, 5.74) is 0.896. The fourth-order valence-electron chi connectivity index (χ4n) is 3.80. The van der Waals surface area contributed by atoms with Crippen molar-refractivity contribution < 1.29 is 4.74 Å². The van der Waals surface area contributed by atoms with Crippen molar-refractivity contribution in [3.63, 3.8) is 0 Å². The Morgan fingerprint density at radius 1 is 1.25 bits per heavy atom. The Morgan fingerprint density at radius 3 is 2.88 bits per heavy atom. The molecule has 130 valence electrons. The predicted octanol–water partition coefficient (Wildman–Crippen LogP) is 1.59. The van der Waals surface area contributed by atoms with E-state index in [-0.39, 0.29) is 6.04 Å². The zero-order chi connectivity index (χ0) is 16.5. The minimum atomic E-state index is 0.274. The van der Waals surface area contributed by atoms with Crippen LogP contribution in [0.4, 0.5) is 5.82 Å². The Labute approximate surface area is 142 Å². The predicted molar refractivity (Wildman–Crippen MR) is 93.1 cm³/mol. The molecule has 0 bridgehead atoms. The first-order chi connectivity index (χ1) is 11.8. The molecule has 4 heterocycles. The second-order valence-corrected chi connectivity index (χ2v) is 6.84. The van der Waals surface area contributed by atoms with Gasteiger partial charge in [0.1, 0.15) is 11.6 Å². The lowest BCUT2D eigenvalue weighted by molar-refractivity contribution is 0.159. The van der Waals surface area contributed by atoms with Gasteiger partial charge < -0.3 is 10.1 Å². The van der Waals surface area contributed by atoms with Crippen LogP contribution < -0.4 is 5.32 Å². The molecule has 2 aliphatic heterocycles. The average molecular weight is 330 g/mol. The lowest BCUT2D eigenvalue weighted by Gasteiger charge is -2.28. The van der Waals surface area contributed by atoms with Crippen LogP contribution in [0.5, 0.6) is 0 Å². The fraction of sp³-hybridized carbons (Fsp3) is 0.706. The van der Waals surface area contributed by atoms with Crippen molar-refractivity contribution in [2.45, 2.75) is 44.7 Å². The third kappa shape index (κ3) is 2.86. The second kappa shape index (κ2) is 6.64. The molecule has 0 aliphatic carbocycles. The summed E-state index contributed by atoms with van der Waals surface area (Å²) < 4.78 is 7.60. The van der Waals surface area contributed by atoms with Gasteiger partial charge >= 0.3 is 0 Å². The van der Waals surface area contributed by atoms with Crippen molar-refractivity contribution in [1.29, 1.82) is 0 Å². The largest absolute Gasteiger partial charge is 0.378 e. The number of nitrogens with zero attached hydrogens (tertiary/aromatic N) is 5. The van der Waals surface area contributed by atoms with Crippen LogP contribution in [0.2, 0.25) is 0 Å². The maximum atomic E-state index is 5.78. The van der Waals surface area contributed by atoms with Gasteiger partial charge in [0.05, 0.1) is 36.9 Å². The first-order valence-corrected chi connectivity index (χ1v) is 9.03. The number of rotatable bonds is 5. The standard InChI is InChI=1S/C17H26N6O/c1-3-6-15-20-16(12-9-18-22(2)17(12)21-15)19-13-10-24-11-14(13)23-7-4-5-8-23/h9,13-14H,3-8,10-11H2,1-2H3,(H,19,20,21)/t13-,14-/m0/s1. The van der Waals surface area contributed by atoms with E-state index >= 15 is 0 Å². The van der Waals surface area contributed by atoms with Crippen LogP contribution in [-0.4, -0.2) is 63.0 Å². The van der Waals surface area contributed by atoms with Gasteiger partial charge in [0, 0.05) is 13.5 Å².